The molecule has 0 spiro atoms. The van der Waals surface area contributed by atoms with Crippen LogP contribution in [0.3, 0.4) is 0 Å². The van der Waals surface area contributed by atoms with E-state index in [1.807, 2.05) is 0 Å². The van der Waals surface area contributed by atoms with E-state index < -0.39 is 0 Å². The second kappa shape index (κ2) is 64.6. The molecule has 0 rings (SSSR count). The van der Waals surface area contributed by atoms with Gasteiger partial charge in [0.15, 0.2) is 0 Å². The summed E-state index contributed by atoms with van der Waals surface area (Å²) >= 11 is 0. The molecule has 0 aromatic carbocycles. The normalized spacial score (nSPS) is 11.9. The average molecular weight is 960 g/mol. The molecular weight excluding hydrogens is 829 g/mol. The van der Waals surface area contributed by atoms with Gasteiger partial charge in [-0.3, -0.25) is 0 Å². The summed E-state index contributed by atoms with van der Waals surface area (Å²) in [5, 5.41) is 0. The fourth-order valence-electron chi connectivity index (χ4n) is 10.1. The predicted octanol–water partition coefficient (Wildman–Crippen LogP) is 23.1. The van der Waals surface area contributed by atoms with Gasteiger partial charge in [0.2, 0.25) is 0 Å². The molecule has 0 aromatic rings. The highest BCUT2D eigenvalue weighted by molar-refractivity contribution is 4.81. The van der Waals surface area contributed by atoms with Gasteiger partial charge in [-0.15, -0.1) is 0 Å². The van der Waals surface area contributed by atoms with Crippen molar-refractivity contribution in [3.05, 3.63) is 12.2 Å². The molecule has 408 valence electrons. The third-order valence-corrected chi connectivity index (χ3v) is 14.9. The maximum Gasteiger partial charge on any atom is 0.104 e. The second-order valence-electron chi connectivity index (χ2n) is 22.0. The molecule has 0 aromatic heterocycles. The van der Waals surface area contributed by atoms with E-state index in [0.717, 1.165) is 26.2 Å². The van der Waals surface area contributed by atoms with Crippen LogP contribution < -0.4 is 0 Å². The largest absolute Gasteiger partial charge is 0.379 e. The molecule has 0 radical (unpaired) electrons. The zero-order chi connectivity index (χ0) is 48.8. The Morgan fingerprint density at radius 2 is 0.412 bits per heavy atom. The fraction of sp³-hybridized carbons (Fsp3) is 0.969. The molecule has 0 aliphatic rings. The van der Waals surface area contributed by atoms with Crippen molar-refractivity contribution in [1.29, 1.82) is 0 Å². The number of hydrogen-bond donors (Lipinski definition) is 0. The van der Waals surface area contributed by atoms with Gasteiger partial charge in [0.05, 0.1) is 13.2 Å². The topological polar surface area (TPSA) is 27.7 Å². The molecular formula is C65H130O3. The van der Waals surface area contributed by atoms with Crippen molar-refractivity contribution in [2.24, 2.45) is 0 Å². The summed E-state index contributed by atoms with van der Waals surface area (Å²) in [6, 6.07) is 0. The van der Waals surface area contributed by atoms with Crippen LogP contribution >= 0.6 is 0 Å². The van der Waals surface area contributed by atoms with E-state index in [1.54, 1.807) is 0 Å². The number of unbranched alkanes of at least 4 members (excludes halogenated alkanes) is 50. The fourth-order valence-corrected chi connectivity index (χ4v) is 10.1. The monoisotopic (exact) mass is 959 g/mol. The van der Waals surface area contributed by atoms with Gasteiger partial charge in [-0.25, -0.2) is 0 Å². The van der Waals surface area contributed by atoms with Crippen molar-refractivity contribution in [2.45, 2.75) is 374 Å². The number of hydrogen-bond acceptors (Lipinski definition) is 3. The van der Waals surface area contributed by atoms with Crippen molar-refractivity contribution in [2.75, 3.05) is 33.0 Å². The van der Waals surface area contributed by atoms with Gasteiger partial charge in [0.1, 0.15) is 6.10 Å². The Kier molecular flexibility index (Phi) is 64.3. The van der Waals surface area contributed by atoms with Crippen LogP contribution in [0, 0.1) is 0 Å². The first-order valence-corrected chi connectivity index (χ1v) is 32.3. The Labute approximate surface area is 431 Å². The molecule has 3 heteroatoms. The Morgan fingerprint density at radius 1 is 0.221 bits per heavy atom. The third-order valence-electron chi connectivity index (χ3n) is 14.9. The van der Waals surface area contributed by atoms with Crippen LogP contribution in [0.2, 0.25) is 0 Å². The molecule has 3 nitrogen and oxygen atoms in total. The van der Waals surface area contributed by atoms with Crippen LogP contribution in [0.1, 0.15) is 367 Å². The van der Waals surface area contributed by atoms with Crippen molar-refractivity contribution < 1.29 is 14.2 Å². The van der Waals surface area contributed by atoms with E-state index in [0.29, 0.717) is 13.2 Å². The van der Waals surface area contributed by atoms with E-state index in [2.05, 4.69) is 32.9 Å². The summed E-state index contributed by atoms with van der Waals surface area (Å²) in [6.45, 7) is 10.9. The first kappa shape index (κ1) is 67.6. The summed E-state index contributed by atoms with van der Waals surface area (Å²) in [4.78, 5) is 0. The van der Waals surface area contributed by atoms with Gasteiger partial charge in [-0.1, -0.05) is 335 Å². The van der Waals surface area contributed by atoms with Crippen LogP contribution in [0.25, 0.3) is 0 Å². The molecule has 0 N–H and O–H groups in total. The molecule has 0 saturated carbocycles. The van der Waals surface area contributed by atoms with Crippen LogP contribution in [0.15, 0.2) is 12.2 Å². The molecule has 0 atom stereocenters. The average Bonchev–Trinajstić information content (AvgIpc) is 3.35. The SMILES string of the molecule is CCCCCCCCC=CCCCCCCCCOC(COCCCCCCCCCCCCCCCCCCCCCC)COCCCCCCCCCCCCCCCCCCCCCC. The molecule has 0 aliphatic heterocycles. The highest BCUT2D eigenvalue weighted by Gasteiger charge is 2.10. The molecule has 0 unspecified atom stereocenters. The molecule has 0 heterocycles. The summed E-state index contributed by atoms with van der Waals surface area (Å²) < 4.78 is 18.8. The van der Waals surface area contributed by atoms with Crippen molar-refractivity contribution >= 4 is 0 Å². The third kappa shape index (κ3) is 61.7. The Balaban J connectivity index is 3.98. The summed E-state index contributed by atoms with van der Waals surface area (Å²) in [7, 11) is 0. The van der Waals surface area contributed by atoms with E-state index in [1.165, 1.54) is 340 Å². The quantitative estimate of drug-likeness (QED) is 0.0449. The van der Waals surface area contributed by atoms with Crippen molar-refractivity contribution in [1.82, 2.24) is 0 Å². The number of allylic oxidation sites excluding steroid dienone is 2. The number of rotatable bonds is 63. The Bertz CT molecular complexity index is 824. The highest BCUT2D eigenvalue weighted by Crippen LogP contribution is 2.18. The Hall–Kier alpha value is -0.380. The highest BCUT2D eigenvalue weighted by atomic mass is 16.6. The zero-order valence-corrected chi connectivity index (χ0v) is 47.7. The molecule has 68 heavy (non-hydrogen) atoms. The maximum absolute atomic E-state index is 6.40. The standard InChI is InChI=1S/C65H130O3/c1-4-7-10-13-16-19-22-25-28-31-33-35-37-39-42-45-48-51-54-57-60-66-63-65(68-62-59-56-53-50-47-44-41-30-27-24-21-18-15-12-9-6-3)64-67-61-58-55-52-49-46-43-40-38-36-34-32-29-26-23-20-17-14-11-8-5-2/h27,30,65H,4-26,28-29,31-64H2,1-3H3. The minimum Gasteiger partial charge on any atom is -0.379 e. The molecule has 0 amide bonds. The predicted molar refractivity (Wildman–Crippen MR) is 307 cm³/mol. The second-order valence-corrected chi connectivity index (χ2v) is 22.0. The Morgan fingerprint density at radius 3 is 0.647 bits per heavy atom. The first-order chi connectivity index (χ1) is 33.8. The molecule has 0 bridgehead atoms. The summed E-state index contributed by atoms with van der Waals surface area (Å²) in [5.41, 5.74) is 0. The number of ether oxygens (including phenoxy) is 3. The summed E-state index contributed by atoms with van der Waals surface area (Å²) in [5.74, 6) is 0. The van der Waals surface area contributed by atoms with Crippen molar-refractivity contribution in [3.8, 4) is 0 Å². The first-order valence-electron chi connectivity index (χ1n) is 32.3. The van der Waals surface area contributed by atoms with E-state index >= 15 is 0 Å². The minimum atomic E-state index is 0.0772. The van der Waals surface area contributed by atoms with Crippen molar-refractivity contribution in [3.63, 3.8) is 0 Å². The molecule has 0 aliphatic carbocycles. The van der Waals surface area contributed by atoms with Gasteiger partial charge in [0.25, 0.3) is 0 Å². The van der Waals surface area contributed by atoms with Crippen LogP contribution in [0.4, 0.5) is 0 Å². The lowest BCUT2D eigenvalue weighted by Gasteiger charge is -2.18. The maximum atomic E-state index is 6.40. The van der Waals surface area contributed by atoms with Gasteiger partial charge in [0, 0.05) is 19.8 Å². The van der Waals surface area contributed by atoms with E-state index in [4.69, 9.17) is 14.2 Å². The lowest BCUT2D eigenvalue weighted by atomic mass is 10.0. The zero-order valence-electron chi connectivity index (χ0n) is 47.7. The lowest BCUT2D eigenvalue weighted by molar-refractivity contribution is -0.0616. The molecule has 0 saturated heterocycles. The smallest absolute Gasteiger partial charge is 0.104 e. The van der Waals surface area contributed by atoms with Crippen LogP contribution in [-0.4, -0.2) is 39.1 Å². The summed E-state index contributed by atoms with van der Waals surface area (Å²) in [6.07, 6.45) is 80.7. The van der Waals surface area contributed by atoms with E-state index in [9.17, 15) is 0 Å². The van der Waals surface area contributed by atoms with Gasteiger partial charge in [-0.2, -0.15) is 0 Å². The van der Waals surface area contributed by atoms with Crippen LogP contribution in [0.5, 0.6) is 0 Å². The van der Waals surface area contributed by atoms with E-state index in [-0.39, 0.29) is 6.10 Å². The minimum absolute atomic E-state index is 0.0772. The van der Waals surface area contributed by atoms with Gasteiger partial charge < -0.3 is 14.2 Å². The lowest BCUT2D eigenvalue weighted by Crippen LogP contribution is -2.26. The van der Waals surface area contributed by atoms with Gasteiger partial charge in [-0.05, 0) is 44.9 Å². The van der Waals surface area contributed by atoms with Crippen LogP contribution in [-0.2, 0) is 14.2 Å². The van der Waals surface area contributed by atoms with Gasteiger partial charge >= 0.3 is 0 Å². The molecule has 0 fully saturated rings.